The molecule has 2 aromatic rings. The lowest BCUT2D eigenvalue weighted by molar-refractivity contribution is -0.119. The fourth-order valence-electron chi connectivity index (χ4n) is 3.21. The maximum atomic E-state index is 12.6. The van der Waals surface area contributed by atoms with Crippen molar-refractivity contribution in [3.8, 4) is 5.75 Å². The van der Waals surface area contributed by atoms with Crippen LogP contribution in [0.5, 0.6) is 5.75 Å². The highest BCUT2D eigenvalue weighted by atomic mass is 35.5. The van der Waals surface area contributed by atoms with Crippen molar-refractivity contribution in [1.82, 2.24) is 4.90 Å². The minimum atomic E-state index is -0.0389. The molecule has 0 spiro atoms. The monoisotopic (exact) mass is 400 g/mol. The normalized spacial score (nSPS) is 14.1. The van der Waals surface area contributed by atoms with Crippen LogP contribution in [0, 0.1) is 0 Å². The van der Waals surface area contributed by atoms with Crippen LogP contribution in [0.4, 0.5) is 5.69 Å². The van der Waals surface area contributed by atoms with Gasteiger partial charge in [-0.3, -0.25) is 9.59 Å². The van der Waals surface area contributed by atoms with Gasteiger partial charge < -0.3 is 14.5 Å². The summed E-state index contributed by atoms with van der Waals surface area (Å²) in [5.41, 5.74) is 1.48. The summed E-state index contributed by atoms with van der Waals surface area (Å²) in [6.07, 6.45) is 3.30. The van der Waals surface area contributed by atoms with E-state index in [1.807, 2.05) is 24.3 Å². The van der Waals surface area contributed by atoms with Gasteiger partial charge in [-0.1, -0.05) is 11.6 Å². The number of hydrogen-bond donors (Lipinski definition) is 0. The van der Waals surface area contributed by atoms with Crippen LogP contribution in [-0.4, -0.2) is 43.5 Å². The van der Waals surface area contributed by atoms with Gasteiger partial charge in [-0.05, 0) is 67.8 Å². The first kappa shape index (κ1) is 20.2. The van der Waals surface area contributed by atoms with Gasteiger partial charge in [-0.15, -0.1) is 0 Å². The molecule has 3 rings (SSSR count). The van der Waals surface area contributed by atoms with Gasteiger partial charge in [-0.25, -0.2) is 0 Å². The standard InChI is InChI=1S/C22H25ClN2O3/c1-24(14-4-16-28-20-12-8-18(23)9-13-20)22(27)17-6-10-19(11-7-17)25-15-3-2-5-21(25)26/h6-13H,2-5,14-16H2,1H3. The number of carbonyl (C=O) groups excluding carboxylic acids is 2. The highest BCUT2D eigenvalue weighted by Gasteiger charge is 2.20. The molecule has 1 aliphatic heterocycles. The van der Waals surface area contributed by atoms with E-state index in [1.165, 1.54) is 0 Å². The van der Waals surface area contributed by atoms with Crippen LogP contribution in [0.25, 0.3) is 0 Å². The summed E-state index contributed by atoms with van der Waals surface area (Å²) in [6.45, 7) is 1.87. The molecule has 2 amide bonds. The lowest BCUT2D eigenvalue weighted by Crippen LogP contribution is -2.35. The van der Waals surface area contributed by atoms with Gasteiger partial charge in [0.15, 0.2) is 0 Å². The van der Waals surface area contributed by atoms with E-state index in [0.717, 1.165) is 37.2 Å². The van der Waals surface area contributed by atoms with Crippen molar-refractivity contribution in [1.29, 1.82) is 0 Å². The number of piperidine rings is 1. The Morgan fingerprint density at radius 1 is 1.11 bits per heavy atom. The second-order valence-electron chi connectivity index (χ2n) is 6.93. The van der Waals surface area contributed by atoms with E-state index in [1.54, 1.807) is 41.1 Å². The zero-order valence-corrected chi connectivity index (χ0v) is 16.8. The summed E-state index contributed by atoms with van der Waals surface area (Å²) in [5.74, 6) is 0.882. The molecule has 0 unspecified atom stereocenters. The van der Waals surface area contributed by atoms with Gasteiger partial charge >= 0.3 is 0 Å². The SMILES string of the molecule is CN(CCCOc1ccc(Cl)cc1)C(=O)c1ccc(N2CCCCC2=O)cc1. The zero-order valence-electron chi connectivity index (χ0n) is 16.1. The van der Waals surface area contributed by atoms with Crippen LogP contribution in [-0.2, 0) is 4.79 Å². The first-order valence-electron chi connectivity index (χ1n) is 9.59. The van der Waals surface area contributed by atoms with Crippen molar-refractivity contribution in [3.05, 3.63) is 59.1 Å². The molecular weight excluding hydrogens is 376 g/mol. The molecule has 0 saturated carbocycles. The number of amides is 2. The molecule has 0 aliphatic carbocycles. The number of ether oxygens (including phenoxy) is 1. The van der Waals surface area contributed by atoms with Crippen LogP contribution >= 0.6 is 11.6 Å². The minimum absolute atomic E-state index is 0.0389. The predicted octanol–water partition coefficient (Wildman–Crippen LogP) is 4.40. The van der Waals surface area contributed by atoms with Crippen LogP contribution in [0.1, 0.15) is 36.0 Å². The molecule has 0 radical (unpaired) electrons. The molecule has 0 bridgehead atoms. The third-order valence-corrected chi connectivity index (χ3v) is 5.07. The number of hydrogen-bond acceptors (Lipinski definition) is 3. The average Bonchev–Trinajstić information content (AvgIpc) is 2.72. The molecule has 5 nitrogen and oxygen atoms in total. The molecule has 6 heteroatoms. The topological polar surface area (TPSA) is 49.9 Å². The molecule has 1 heterocycles. The zero-order chi connectivity index (χ0) is 19.9. The van der Waals surface area contributed by atoms with Crippen molar-refractivity contribution in [2.75, 3.05) is 31.6 Å². The Hall–Kier alpha value is -2.53. The Kier molecular flexibility index (Phi) is 6.93. The predicted molar refractivity (Wildman–Crippen MR) is 111 cm³/mol. The van der Waals surface area contributed by atoms with E-state index < -0.39 is 0 Å². The quantitative estimate of drug-likeness (QED) is 0.647. The molecular formula is C22H25ClN2O3. The van der Waals surface area contributed by atoms with Gasteiger partial charge in [-0.2, -0.15) is 0 Å². The average molecular weight is 401 g/mol. The van der Waals surface area contributed by atoms with E-state index in [4.69, 9.17) is 16.3 Å². The van der Waals surface area contributed by atoms with Gasteiger partial charge in [0.25, 0.3) is 5.91 Å². The number of rotatable bonds is 7. The summed E-state index contributed by atoms with van der Waals surface area (Å²) < 4.78 is 5.66. The van der Waals surface area contributed by atoms with E-state index in [0.29, 0.717) is 30.2 Å². The summed E-state index contributed by atoms with van der Waals surface area (Å²) in [4.78, 5) is 28.1. The van der Waals surface area contributed by atoms with Crippen LogP contribution in [0.15, 0.2) is 48.5 Å². The fourth-order valence-corrected chi connectivity index (χ4v) is 3.33. The molecule has 1 saturated heterocycles. The van der Waals surface area contributed by atoms with Crippen LogP contribution in [0.2, 0.25) is 5.02 Å². The first-order valence-corrected chi connectivity index (χ1v) is 9.96. The molecule has 1 aliphatic rings. The van der Waals surface area contributed by atoms with Crippen molar-refractivity contribution >= 4 is 29.1 Å². The molecule has 2 aromatic carbocycles. The molecule has 1 fully saturated rings. The lowest BCUT2D eigenvalue weighted by atomic mass is 10.1. The maximum absolute atomic E-state index is 12.6. The Bertz CT molecular complexity index is 806. The number of nitrogens with zero attached hydrogens (tertiary/aromatic N) is 2. The molecule has 0 aromatic heterocycles. The largest absolute Gasteiger partial charge is 0.494 e. The van der Waals surface area contributed by atoms with Crippen LogP contribution < -0.4 is 9.64 Å². The Labute approximate surface area is 170 Å². The minimum Gasteiger partial charge on any atom is -0.494 e. The highest BCUT2D eigenvalue weighted by Crippen LogP contribution is 2.21. The van der Waals surface area contributed by atoms with Gasteiger partial charge in [0.2, 0.25) is 5.91 Å². The number of halogens is 1. The molecule has 0 N–H and O–H groups in total. The number of carbonyl (C=O) groups is 2. The third-order valence-electron chi connectivity index (χ3n) is 4.82. The second kappa shape index (κ2) is 9.60. The highest BCUT2D eigenvalue weighted by molar-refractivity contribution is 6.30. The third kappa shape index (κ3) is 5.26. The smallest absolute Gasteiger partial charge is 0.253 e. The Morgan fingerprint density at radius 2 is 1.82 bits per heavy atom. The summed E-state index contributed by atoms with van der Waals surface area (Å²) in [7, 11) is 1.78. The maximum Gasteiger partial charge on any atom is 0.253 e. The summed E-state index contributed by atoms with van der Waals surface area (Å²) in [6, 6.07) is 14.5. The van der Waals surface area contributed by atoms with E-state index in [2.05, 4.69) is 0 Å². The van der Waals surface area contributed by atoms with Gasteiger partial charge in [0, 0.05) is 42.8 Å². The fraction of sp³-hybridized carbons (Fsp3) is 0.364. The molecule has 28 heavy (non-hydrogen) atoms. The Balaban J connectivity index is 1.47. The second-order valence-corrected chi connectivity index (χ2v) is 7.37. The van der Waals surface area contributed by atoms with Crippen molar-refractivity contribution in [3.63, 3.8) is 0 Å². The summed E-state index contributed by atoms with van der Waals surface area (Å²) in [5, 5.41) is 0.674. The van der Waals surface area contributed by atoms with Crippen LogP contribution in [0.3, 0.4) is 0 Å². The van der Waals surface area contributed by atoms with E-state index >= 15 is 0 Å². The number of anilines is 1. The Morgan fingerprint density at radius 3 is 2.50 bits per heavy atom. The summed E-state index contributed by atoms with van der Waals surface area (Å²) >= 11 is 5.85. The van der Waals surface area contributed by atoms with Crippen molar-refractivity contribution in [2.45, 2.75) is 25.7 Å². The molecule has 148 valence electrons. The van der Waals surface area contributed by atoms with Crippen molar-refractivity contribution < 1.29 is 14.3 Å². The first-order chi connectivity index (χ1) is 13.5. The number of benzene rings is 2. The lowest BCUT2D eigenvalue weighted by Gasteiger charge is -2.27. The van der Waals surface area contributed by atoms with E-state index in [-0.39, 0.29) is 11.8 Å². The van der Waals surface area contributed by atoms with E-state index in [9.17, 15) is 9.59 Å². The van der Waals surface area contributed by atoms with Crippen molar-refractivity contribution in [2.24, 2.45) is 0 Å². The van der Waals surface area contributed by atoms with Gasteiger partial charge in [0.05, 0.1) is 6.61 Å². The van der Waals surface area contributed by atoms with Gasteiger partial charge in [0.1, 0.15) is 5.75 Å². The molecule has 0 atom stereocenters.